The van der Waals surface area contributed by atoms with Crippen molar-refractivity contribution >= 4 is 11.9 Å². The van der Waals surface area contributed by atoms with Crippen molar-refractivity contribution in [3.63, 3.8) is 0 Å². The van der Waals surface area contributed by atoms with E-state index in [1.807, 2.05) is 6.92 Å². The normalized spacial score (nSPS) is 21.5. The fourth-order valence-electron chi connectivity index (χ4n) is 0.972. The van der Waals surface area contributed by atoms with Crippen molar-refractivity contribution in [3.05, 3.63) is 0 Å². The highest BCUT2D eigenvalue weighted by Crippen LogP contribution is 2.09. The third-order valence-corrected chi connectivity index (χ3v) is 1.76. The van der Waals surface area contributed by atoms with E-state index in [-0.39, 0.29) is 18.4 Å². The van der Waals surface area contributed by atoms with E-state index in [0.29, 0.717) is 12.5 Å². The Morgan fingerprint density at radius 1 is 1.83 bits per heavy atom. The molecule has 0 amide bonds. The molecule has 1 atom stereocenters. The second-order valence-corrected chi connectivity index (χ2v) is 2.65. The Kier molecular flexibility index (Phi) is 3.08. The second-order valence-electron chi connectivity index (χ2n) is 2.65. The highest BCUT2D eigenvalue weighted by Gasteiger charge is 2.19. The van der Waals surface area contributed by atoms with Crippen LogP contribution in [0.2, 0.25) is 0 Å². The van der Waals surface area contributed by atoms with Gasteiger partial charge in [-0.15, -0.1) is 0 Å². The number of methoxy groups -OCH3 is 1. The molecule has 1 heterocycles. The standard InChI is InChI=1S/C8H13NO3/c1-3-6-5-12-7(9-6)4-8(10)11-2/h6H,3-5H2,1-2H3. The maximum Gasteiger partial charge on any atom is 0.314 e. The molecule has 0 radical (unpaired) electrons. The lowest BCUT2D eigenvalue weighted by molar-refractivity contribution is -0.139. The lowest BCUT2D eigenvalue weighted by atomic mass is 10.3. The first-order valence-corrected chi connectivity index (χ1v) is 4.02. The van der Waals surface area contributed by atoms with E-state index < -0.39 is 0 Å². The van der Waals surface area contributed by atoms with E-state index in [1.165, 1.54) is 7.11 Å². The summed E-state index contributed by atoms with van der Waals surface area (Å²) >= 11 is 0. The summed E-state index contributed by atoms with van der Waals surface area (Å²) in [5.41, 5.74) is 0. The van der Waals surface area contributed by atoms with Gasteiger partial charge in [-0.05, 0) is 6.42 Å². The molecule has 0 spiro atoms. The monoisotopic (exact) mass is 171 g/mol. The molecule has 0 N–H and O–H groups in total. The smallest absolute Gasteiger partial charge is 0.314 e. The number of carbonyl (C=O) groups excluding carboxylic acids is 1. The highest BCUT2D eigenvalue weighted by molar-refractivity contribution is 5.94. The lowest BCUT2D eigenvalue weighted by Crippen LogP contribution is -2.09. The molecule has 0 aromatic carbocycles. The summed E-state index contributed by atoms with van der Waals surface area (Å²) in [6.07, 6.45) is 1.11. The molecule has 0 fully saturated rings. The van der Waals surface area contributed by atoms with Gasteiger partial charge < -0.3 is 9.47 Å². The van der Waals surface area contributed by atoms with E-state index in [4.69, 9.17) is 4.74 Å². The van der Waals surface area contributed by atoms with Gasteiger partial charge in [0.05, 0.1) is 13.2 Å². The first-order chi connectivity index (χ1) is 5.76. The Morgan fingerprint density at radius 3 is 3.08 bits per heavy atom. The van der Waals surface area contributed by atoms with Crippen LogP contribution in [-0.2, 0) is 14.3 Å². The molecular weight excluding hydrogens is 158 g/mol. The van der Waals surface area contributed by atoms with Crippen LogP contribution in [0.25, 0.3) is 0 Å². The Bertz CT molecular complexity index is 200. The molecule has 1 unspecified atom stereocenters. The van der Waals surface area contributed by atoms with E-state index in [1.54, 1.807) is 0 Å². The molecule has 12 heavy (non-hydrogen) atoms. The molecule has 1 aliphatic rings. The van der Waals surface area contributed by atoms with Crippen LogP contribution in [0.3, 0.4) is 0 Å². The highest BCUT2D eigenvalue weighted by atomic mass is 16.5. The van der Waals surface area contributed by atoms with Gasteiger partial charge >= 0.3 is 5.97 Å². The van der Waals surface area contributed by atoms with Gasteiger partial charge in [-0.3, -0.25) is 4.79 Å². The zero-order valence-electron chi connectivity index (χ0n) is 7.37. The topological polar surface area (TPSA) is 47.9 Å². The van der Waals surface area contributed by atoms with Gasteiger partial charge in [-0.25, -0.2) is 4.99 Å². The van der Waals surface area contributed by atoms with E-state index in [0.717, 1.165) is 6.42 Å². The molecule has 0 aromatic rings. The van der Waals surface area contributed by atoms with Crippen molar-refractivity contribution in [3.8, 4) is 0 Å². The SMILES string of the molecule is CCC1COC(CC(=O)OC)=N1. The van der Waals surface area contributed by atoms with Gasteiger partial charge in [0.1, 0.15) is 13.0 Å². The van der Waals surface area contributed by atoms with Crippen molar-refractivity contribution in [2.75, 3.05) is 13.7 Å². The number of nitrogens with zero attached hydrogens (tertiary/aromatic N) is 1. The maximum atomic E-state index is 10.8. The molecule has 0 saturated carbocycles. The quantitative estimate of drug-likeness (QED) is 0.589. The van der Waals surface area contributed by atoms with Crippen LogP contribution in [0.15, 0.2) is 4.99 Å². The van der Waals surface area contributed by atoms with Crippen molar-refractivity contribution in [1.29, 1.82) is 0 Å². The van der Waals surface area contributed by atoms with Gasteiger partial charge in [0.25, 0.3) is 0 Å². The molecular formula is C8H13NO3. The van der Waals surface area contributed by atoms with Gasteiger partial charge in [0.2, 0.25) is 0 Å². The van der Waals surface area contributed by atoms with E-state index in [2.05, 4.69) is 9.73 Å². The number of ether oxygens (including phenoxy) is 2. The van der Waals surface area contributed by atoms with Crippen molar-refractivity contribution < 1.29 is 14.3 Å². The van der Waals surface area contributed by atoms with Crippen LogP contribution in [0.1, 0.15) is 19.8 Å². The molecule has 0 aliphatic carbocycles. The van der Waals surface area contributed by atoms with Gasteiger partial charge in [0, 0.05) is 0 Å². The Labute approximate surface area is 71.6 Å². The number of esters is 1. The van der Waals surface area contributed by atoms with Crippen molar-refractivity contribution in [1.82, 2.24) is 0 Å². The third-order valence-electron chi connectivity index (χ3n) is 1.76. The van der Waals surface area contributed by atoms with Gasteiger partial charge in [0.15, 0.2) is 5.90 Å². The molecule has 1 aliphatic heterocycles. The average Bonchev–Trinajstić information content (AvgIpc) is 2.52. The van der Waals surface area contributed by atoms with Crippen LogP contribution in [0, 0.1) is 0 Å². The van der Waals surface area contributed by atoms with Crippen LogP contribution in [-0.4, -0.2) is 31.6 Å². The minimum atomic E-state index is -0.300. The number of aliphatic imine (C=N–C) groups is 1. The molecule has 0 aromatic heterocycles. The van der Waals surface area contributed by atoms with Crippen LogP contribution in [0.5, 0.6) is 0 Å². The molecule has 4 nitrogen and oxygen atoms in total. The van der Waals surface area contributed by atoms with Crippen LogP contribution in [0.4, 0.5) is 0 Å². The molecule has 0 bridgehead atoms. The number of rotatable bonds is 3. The first kappa shape index (κ1) is 9.03. The predicted octanol–water partition coefficient (Wildman–Crippen LogP) is 0.757. The zero-order chi connectivity index (χ0) is 8.97. The minimum absolute atomic E-state index is 0.160. The Hall–Kier alpha value is -1.06. The lowest BCUT2D eigenvalue weighted by Gasteiger charge is -1.98. The first-order valence-electron chi connectivity index (χ1n) is 4.02. The second kappa shape index (κ2) is 4.09. The Balaban J connectivity index is 2.39. The van der Waals surface area contributed by atoms with Crippen molar-refractivity contribution in [2.24, 2.45) is 4.99 Å². The van der Waals surface area contributed by atoms with Crippen LogP contribution < -0.4 is 0 Å². The van der Waals surface area contributed by atoms with Gasteiger partial charge in [-0.1, -0.05) is 6.92 Å². The summed E-state index contributed by atoms with van der Waals surface area (Å²) in [4.78, 5) is 15.0. The minimum Gasteiger partial charge on any atom is -0.478 e. The van der Waals surface area contributed by atoms with E-state index >= 15 is 0 Å². The summed E-state index contributed by atoms with van der Waals surface area (Å²) in [6, 6.07) is 0.227. The number of carbonyl (C=O) groups is 1. The summed E-state index contributed by atoms with van der Waals surface area (Å²) in [5.74, 6) is 0.208. The predicted molar refractivity (Wildman–Crippen MR) is 44.1 cm³/mol. The maximum absolute atomic E-state index is 10.8. The zero-order valence-corrected chi connectivity index (χ0v) is 7.37. The molecule has 0 saturated heterocycles. The summed E-state index contributed by atoms with van der Waals surface area (Å²) in [7, 11) is 1.36. The molecule has 1 rings (SSSR count). The number of hydrogen-bond acceptors (Lipinski definition) is 4. The fraction of sp³-hybridized carbons (Fsp3) is 0.750. The fourth-order valence-corrected chi connectivity index (χ4v) is 0.972. The van der Waals surface area contributed by atoms with Crippen LogP contribution >= 0.6 is 0 Å². The summed E-state index contributed by atoms with van der Waals surface area (Å²) < 4.78 is 9.66. The largest absolute Gasteiger partial charge is 0.478 e. The average molecular weight is 171 g/mol. The van der Waals surface area contributed by atoms with Crippen molar-refractivity contribution in [2.45, 2.75) is 25.8 Å². The number of hydrogen-bond donors (Lipinski definition) is 0. The summed E-state index contributed by atoms with van der Waals surface area (Å²) in [6.45, 7) is 2.64. The summed E-state index contributed by atoms with van der Waals surface area (Å²) in [5, 5.41) is 0. The van der Waals surface area contributed by atoms with E-state index in [9.17, 15) is 4.79 Å². The third kappa shape index (κ3) is 2.22. The van der Waals surface area contributed by atoms with Gasteiger partial charge in [-0.2, -0.15) is 0 Å². The molecule has 68 valence electrons. The Morgan fingerprint density at radius 2 is 2.58 bits per heavy atom. The molecule has 4 heteroatoms.